The van der Waals surface area contributed by atoms with Crippen LogP contribution in [0.1, 0.15) is 39.9 Å². The van der Waals surface area contributed by atoms with Crippen molar-refractivity contribution >= 4 is 23.5 Å². The molecule has 28 heavy (non-hydrogen) atoms. The molecule has 0 radical (unpaired) electrons. The van der Waals surface area contributed by atoms with Gasteiger partial charge in [-0.25, -0.2) is 4.79 Å². The number of rotatable bonds is 7. The highest BCUT2D eigenvalue weighted by molar-refractivity contribution is 6.07. The zero-order chi connectivity index (χ0) is 21.1. The number of ether oxygens (including phenoxy) is 2. The Morgan fingerprint density at radius 1 is 1.32 bits per heavy atom. The van der Waals surface area contributed by atoms with Crippen molar-refractivity contribution in [2.24, 2.45) is 0 Å². The lowest BCUT2D eigenvalue weighted by atomic mass is 9.94. The predicted octanol–water partition coefficient (Wildman–Crippen LogP) is 3.14. The molecular formula is C18H18F3NO6. The number of carbonyl (C=O) groups excluding carboxylic acids is 2. The van der Waals surface area contributed by atoms with E-state index < -0.39 is 24.0 Å². The van der Waals surface area contributed by atoms with Gasteiger partial charge >= 0.3 is 24.0 Å². The first-order valence-corrected chi connectivity index (χ1v) is 8.22. The molecule has 7 nitrogen and oxygen atoms in total. The molecule has 0 saturated heterocycles. The third-order valence-corrected chi connectivity index (χ3v) is 4.19. The van der Waals surface area contributed by atoms with E-state index in [9.17, 15) is 27.6 Å². The van der Waals surface area contributed by atoms with Gasteiger partial charge in [0.1, 0.15) is 12.4 Å². The lowest BCUT2D eigenvalue weighted by molar-refractivity contribution is -0.167. The predicted molar refractivity (Wildman–Crippen MR) is 91.2 cm³/mol. The molecule has 0 spiro atoms. The van der Waals surface area contributed by atoms with E-state index in [0.29, 0.717) is 11.1 Å². The molecule has 1 aromatic carbocycles. The molecule has 0 atom stereocenters. The average molecular weight is 401 g/mol. The van der Waals surface area contributed by atoms with Crippen LogP contribution in [0.3, 0.4) is 0 Å². The zero-order valence-electron chi connectivity index (χ0n) is 15.1. The van der Waals surface area contributed by atoms with E-state index in [-0.39, 0.29) is 48.4 Å². The average Bonchev–Trinajstić information content (AvgIpc) is 2.98. The fourth-order valence-corrected chi connectivity index (χ4v) is 2.90. The van der Waals surface area contributed by atoms with Gasteiger partial charge in [-0.1, -0.05) is 12.2 Å². The molecule has 0 unspecified atom stereocenters. The van der Waals surface area contributed by atoms with Gasteiger partial charge in [-0.15, -0.1) is 0 Å². The molecule has 2 rings (SSSR count). The van der Waals surface area contributed by atoms with Gasteiger partial charge in [-0.3, -0.25) is 9.59 Å². The summed E-state index contributed by atoms with van der Waals surface area (Å²) in [7, 11) is 1.32. The summed E-state index contributed by atoms with van der Waals surface area (Å²) in [5, 5.41) is 10.4. The Morgan fingerprint density at radius 2 is 2.00 bits per heavy atom. The molecule has 2 N–H and O–H groups in total. The van der Waals surface area contributed by atoms with Crippen molar-refractivity contribution in [2.75, 3.05) is 12.4 Å². The topological polar surface area (TPSA) is 102 Å². The first kappa shape index (κ1) is 21.3. The second-order valence-corrected chi connectivity index (χ2v) is 6.00. The normalized spacial score (nSPS) is 13.4. The van der Waals surface area contributed by atoms with Crippen LogP contribution in [0.5, 0.6) is 5.75 Å². The molecule has 0 fully saturated rings. The molecule has 0 bridgehead atoms. The number of allylic oxidation sites excluding steroid dienone is 2. The number of carboxylic acids is 1. The van der Waals surface area contributed by atoms with Crippen LogP contribution in [0.4, 0.5) is 18.9 Å². The van der Waals surface area contributed by atoms with Gasteiger partial charge in [0.05, 0.1) is 18.4 Å². The Kier molecular flexibility index (Phi) is 6.32. The molecule has 1 amide bonds. The number of carbonyl (C=O) groups is 3. The van der Waals surface area contributed by atoms with Crippen molar-refractivity contribution < 1.29 is 42.1 Å². The van der Waals surface area contributed by atoms with Crippen LogP contribution in [0.2, 0.25) is 0 Å². The highest BCUT2D eigenvalue weighted by Crippen LogP contribution is 2.41. The maximum absolute atomic E-state index is 12.8. The molecule has 1 aliphatic heterocycles. The van der Waals surface area contributed by atoms with Crippen LogP contribution in [0.25, 0.3) is 0 Å². The number of alkyl halides is 3. The number of cyclic esters (lactones) is 1. The second-order valence-electron chi connectivity index (χ2n) is 6.00. The molecular weight excluding hydrogens is 383 g/mol. The minimum Gasteiger partial charge on any atom is -0.496 e. The molecule has 1 aliphatic rings. The minimum absolute atomic E-state index is 0.0116. The number of halogens is 3. The molecule has 152 valence electrons. The van der Waals surface area contributed by atoms with Gasteiger partial charge in [0, 0.05) is 17.5 Å². The Balaban J connectivity index is 2.52. The van der Waals surface area contributed by atoms with E-state index in [1.807, 2.05) is 0 Å². The number of nitrogens with one attached hydrogen (secondary N) is 1. The molecule has 1 heterocycles. The van der Waals surface area contributed by atoms with E-state index in [4.69, 9.17) is 14.6 Å². The van der Waals surface area contributed by atoms with Gasteiger partial charge in [-0.05, 0) is 25.3 Å². The molecule has 0 aromatic heterocycles. The Morgan fingerprint density at radius 3 is 2.57 bits per heavy atom. The second kappa shape index (κ2) is 8.32. The highest BCUT2D eigenvalue weighted by Gasteiger charge is 2.41. The van der Waals surface area contributed by atoms with E-state index in [2.05, 4.69) is 0 Å². The van der Waals surface area contributed by atoms with Crippen LogP contribution >= 0.6 is 0 Å². The van der Waals surface area contributed by atoms with Crippen molar-refractivity contribution in [3.05, 3.63) is 34.4 Å². The van der Waals surface area contributed by atoms with Gasteiger partial charge < -0.3 is 19.9 Å². The maximum Gasteiger partial charge on any atom is 0.471 e. The van der Waals surface area contributed by atoms with Crippen molar-refractivity contribution in [3.63, 3.8) is 0 Å². The SMILES string of the molecule is COc1c(C)c2c(c(NC(=O)C(F)(F)F)c1CC=CCCC(=O)O)C(=O)OC2. The van der Waals surface area contributed by atoms with Gasteiger partial charge in [0.2, 0.25) is 0 Å². The van der Waals surface area contributed by atoms with Crippen molar-refractivity contribution in [3.8, 4) is 5.75 Å². The summed E-state index contributed by atoms with van der Waals surface area (Å²) in [6.45, 7) is 1.49. The third kappa shape index (κ3) is 4.44. The summed E-state index contributed by atoms with van der Waals surface area (Å²) in [5.74, 6) is -3.83. The lowest BCUT2D eigenvalue weighted by Crippen LogP contribution is -2.31. The van der Waals surface area contributed by atoms with E-state index in [0.717, 1.165) is 0 Å². The summed E-state index contributed by atoms with van der Waals surface area (Å²) in [6.07, 6.45) is -1.95. The number of aliphatic carboxylic acids is 1. The van der Waals surface area contributed by atoms with E-state index >= 15 is 0 Å². The van der Waals surface area contributed by atoms with Gasteiger partial charge in [0.15, 0.2) is 0 Å². The fourth-order valence-electron chi connectivity index (χ4n) is 2.90. The van der Waals surface area contributed by atoms with Crippen LogP contribution < -0.4 is 10.1 Å². The Hall–Kier alpha value is -3.04. The number of hydrogen-bond acceptors (Lipinski definition) is 5. The number of fused-ring (bicyclic) bond motifs is 1. The van der Waals surface area contributed by atoms with Crippen LogP contribution in [-0.2, 0) is 27.4 Å². The number of amides is 1. The first-order chi connectivity index (χ1) is 13.1. The summed E-state index contributed by atoms with van der Waals surface area (Å²) < 4.78 is 48.6. The lowest BCUT2D eigenvalue weighted by Gasteiger charge is -2.20. The van der Waals surface area contributed by atoms with Crippen molar-refractivity contribution in [1.29, 1.82) is 0 Å². The Labute approximate surface area is 158 Å². The molecule has 10 heteroatoms. The number of methoxy groups -OCH3 is 1. The fraction of sp³-hybridized carbons (Fsp3) is 0.389. The van der Waals surface area contributed by atoms with Crippen LogP contribution in [0, 0.1) is 6.92 Å². The van der Waals surface area contributed by atoms with Gasteiger partial charge in [0.25, 0.3) is 0 Å². The number of anilines is 1. The highest BCUT2D eigenvalue weighted by atomic mass is 19.4. The van der Waals surface area contributed by atoms with E-state index in [1.54, 1.807) is 18.3 Å². The third-order valence-electron chi connectivity index (χ3n) is 4.19. The monoisotopic (exact) mass is 401 g/mol. The smallest absolute Gasteiger partial charge is 0.471 e. The largest absolute Gasteiger partial charge is 0.496 e. The summed E-state index contributed by atoms with van der Waals surface area (Å²) >= 11 is 0. The van der Waals surface area contributed by atoms with Gasteiger partial charge in [-0.2, -0.15) is 13.2 Å². The van der Waals surface area contributed by atoms with Crippen LogP contribution in [-0.4, -0.2) is 36.2 Å². The number of hydrogen-bond donors (Lipinski definition) is 2. The summed E-state index contributed by atoms with van der Waals surface area (Å²) in [5.41, 5.74) is 0.581. The Bertz CT molecular complexity index is 845. The molecule has 0 saturated carbocycles. The molecule has 1 aromatic rings. The van der Waals surface area contributed by atoms with E-state index in [1.165, 1.54) is 13.2 Å². The zero-order valence-corrected chi connectivity index (χ0v) is 15.1. The summed E-state index contributed by atoms with van der Waals surface area (Å²) in [4.78, 5) is 34.2. The van der Waals surface area contributed by atoms with Crippen molar-refractivity contribution in [2.45, 2.75) is 39.0 Å². The number of esters is 1. The number of carboxylic acid groups (broad SMARTS) is 1. The van der Waals surface area contributed by atoms with Crippen molar-refractivity contribution in [1.82, 2.24) is 0 Å². The van der Waals surface area contributed by atoms with Crippen LogP contribution in [0.15, 0.2) is 12.2 Å². The summed E-state index contributed by atoms with van der Waals surface area (Å²) in [6, 6.07) is 0. The quantitative estimate of drug-likeness (QED) is 0.538. The maximum atomic E-state index is 12.8. The standard InChI is InChI=1S/C18H18F3NO6/c1-9-11-8-28-16(25)13(11)14(22-17(26)18(19,20)21)10(15(9)27-2)6-4-3-5-7-12(23)24/h3-4H,5-8H2,1-2H3,(H,22,26)(H,23,24). The minimum atomic E-state index is -5.15. The first-order valence-electron chi connectivity index (χ1n) is 8.22. The number of benzene rings is 1. The molecule has 0 aliphatic carbocycles.